The first-order valence-corrected chi connectivity index (χ1v) is 9.03. The number of carbonyl (C=O) groups is 1. The molecule has 1 aromatic carbocycles. The third kappa shape index (κ3) is 3.45. The summed E-state index contributed by atoms with van der Waals surface area (Å²) >= 11 is 0. The van der Waals surface area contributed by atoms with Crippen LogP contribution in [0.5, 0.6) is 0 Å². The fourth-order valence-electron chi connectivity index (χ4n) is 4.13. The minimum atomic E-state index is 0.0746. The summed E-state index contributed by atoms with van der Waals surface area (Å²) < 4.78 is 1.86. The molecule has 2 N–H and O–H groups in total. The van der Waals surface area contributed by atoms with E-state index in [0.717, 1.165) is 17.7 Å². The zero-order valence-corrected chi connectivity index (χ0v) is 14.6. The number of benzene rings is 1. The Morgan fingerprint density at radius 1 is 1.32 bits per heavy atom. The van der Waals surface area contributed by atoms with Crippen LogP contribution >= 0.6 is 0 Å². The highest BCUT2D eigenvalue weighted by atomic mass is 16.2. The topological polar surface area (TPSA) is 62.2 Å². The van der Waals surface area contributed by atoms with E-state index < -0.39 is 0 Å². The molecule has 1 aromatic heterocycles. The van der Waals surface area contributed by atoms with Crippen LogP contribution in [0.2, 0.25) is 0 Å². The summed E-state index contributed by atoms with van der Waals surface area (Å²) in [7, 11) is 1.90. The first-order chi connectivity index (χ1) is 12.2. The van der Waals surface area contributed by atoms with Crippen LogP contribution in [-0.2, 0) is 6.54 Å². The van der Waals surface area contributed by atoms with E-state index in [1.807, 2.05) is 53.2 Å². The molecule has 3 unspecified atom stereocenters. The Hall–Kier alpha value is -2.18. The molecule has 3 atom stereocenters. The van der Waals surface area contributed by atoms with E-state index in [2.05, 4.69) is 16.0 Å². The second-order valence-electron chi connectivity index (χ2n) is 7.19. The smallest absolute Gasteiger partial charge is 0.253 e. The van der Waals surface area contributed by atoms with Gasteiger partial charge >= 0.3 is 0 Å². The lowest BCUT2D eigenvalue weighted by atomic mass is 9.97. The molecule has 2 aliphatic rings. The fourth-order valence-corrected chi connectivity index (χ4v) is 4.13. The molecular weight excluding hydrogens is 314 g/mol. The van der Waals surface area contributed by atoms with Crippen molar-refractivity contribution in [3.8, 4) is 0 Å². The molecule has 0 spiro atoms. The Bertz CT molecular complexity index is 729. The normalized spacial score (nSPS) is 25.1. The first kappa shape index (κ1) is 16.3. The van der Waals surface area contributed by atoms with Gasteiger partial charge in [-0.15, -0.1) is 0 Å². The van der Waals surface area contributed by atoms with E-state index >= 15 is 0 Å². The third-order valence-corrected chi connectivity index (χ3v) is 5.44. The Labute approximate surface area is 148 Å². The maximum absolute atomic E-state index is 12.8. The zero-order chi connectivity index (χ0) is 17.2. The molecule has 1 aliphatic heterocycles. The van der Waals surface area contributed by atoms with Crippen molar-refractivity contribution in [3.63, 3.8) is 0 Å². The van der Waals surface area contributed by atoms with Gasteiger partial charge in [-0.05, 0) is 42.5 Å². The van der Waals surface area contributed by atoms with Crippen LogP contribution in [0.3, 0.4) is 0 Å². The van der Waals surface area contributed by atoms with Crippen molar-refractivity contribution in [3.05, 3.63) is 53.9 Å². The molecule has 6 nitrogen and oxygen atoms in total. The summed E-state index contributed by atoms with van der Waals surface area (Å²) in [4.78, 5) is 14.7. The molecule has 6 heteroatoms. The molecule has 1 amide bonds. The summed E-state index contributed by atoms with van der Waals surface area (Å²) in [6, 6.07) is 10.7. The summed E-state index contributed by atoms with van der Waals surface area (Å²) in [5.74, 6) is 0.715. The number of fused-ring (bicyclic) bond motifs is 1. The SMILES string of the molecule is CN(CC1NNC2CCCC21)C(=O)c1cccc(Cn2cccn2)c1. The molecule has 2 aromatic rings. The molecule has 4 rings (SSSR count). The van der Waals surface area contributed by atoms with Gasteiger partial charge < -0.3 is 4.90 Å². The van der Waals surface area contributed by atoms with Crippen LogP contribution in [0.25, 0.3) is 0 Å². The van der Waals surface area contributed by atoms with Crippen LogP contribution in [-0.4, -0.2) is 46.3 Å². The van der Waals surface area contributed by atoms with Crippen molar-refractivity contribution in [2.75, 3.05) is 13.6 Å². The van der Waals surface area contributed by atoms with Gasteiger partial charge in [0.15, 0.2) is 0 Å². The van der Waals surface area contributed by atoms with Crippen molar-refractivity contribution in [1.29, 1.82) is 0 Å². The number of hydrazine groups is 1. The zero-order valence-electron chi connectivity index (χ0n) is 14.6. The highest BCUT2D eigenvalue weighted by Crippen LogP contribution is 2.31. The van der Waals surface area contributed by atoms with Crippen LogP contribution in [0.15, 0.2) is 42.7 Å². The molecule has 1 saturated carbocycles. The Morgan fingerprint density at radius 2 is 2.24 bits per heavy atom. The second kappa shape index (κ2) is 6.98. The molecule has 0 bridgehead atoms. The lowest BCUT2D eigenvalue weighted by Gasteiger charge is -2.24. The molecule has 2 fully saturated rings. The standard InChI is InChI=1S/C19H25N5O/c1-23(13-18-16-7-3-8-17(16)21-22-18)19(25)15-6-2-5-14(11-15)12-24-10-4-9-20-24/h2,4-6,9-11,16-18,21-22H,3,7-8,12-13H2,1H3. The number of nitrogens with zero attached hydrogens (tertiary/aromatic N) is 3. The highest BCUT2D eigenvalue weighted by molar-refractivity contribution is 5.94. The lowest BCUT2D eigenvalue weighted by molar-refractivity contribution is 0.0775. The molecule has 1 aliphatic carbocycles. The number of aromatic nitrogens is 2. The number of rotatable bonds is 5. The third-order valence-electron chi connectivity index (χ3n) is 5.44. The van der Waals surface area contributed by atoms with Gasteiger partial charge in [0.25, 0.3) is 5.91 Å². The maximum atomic E-state index is 12.8. The van der Waals surface area contributed by atoms with Gasteiger partial charge in [-0.3, -0.25) is 20.3 Å². The van der Waals surface area contributed by atoms with E-state index in [0.29, 0.717) is 24.5 Å². The van der Waals surface area contributed by atoms with Crippen molar-refractivity contribution < 1.29 is 4.79 Å². The van der Waals surface area contributed by atoms with E-state index in [1.54, 1.807) is 6.20 Å². The fraction of sp³-hybridized carbons (Fsp3) is 0.474. The molecule has 0 radical (unpaired) electrons. The lowest BCUT2D eigenvalue weighted by Crippen LogP contribution is -2.43. The molecule has 1 saturated heterocycles. The number of likely N-dealkylation sites (N-methyl/N-ethyl adjacent to an activating group) is 1. The van der Waals surface area contributed by atoms with Crippen molar-refractivity contribution >= 4 is 5.91 Å². The van der Waals surface area contributed by atoms with Crippen LogP contribution in [0, 0.1) is 5.92 Å². The van der Waals surface area contributed by atoms with Gasteiger partial charge in [-0.1, -0.05) is 18.6 Å². The predicted molar refractivity (Wildman–Crippen MR) is 95.9 cm³/mol. The Morgan fingerprint density at radius 3 is 3.08 bits per heavy atom. The van der Waals surface area contributed by atoms with Crippen molar-refractivity contribution in [2.45, 2.75) is 37.9 Å². The van der Waals surface area contributed by atoms with E-state index in [4.69, 9.17) is 0 Å². The van der Waals surface area contributed by atoms with Gasteiger partial charge in [0.2, 0.25) is 0 Å². The second-order valence-corrected chi connectivity index (χ2v) is 7.19. The summed E-state index contributed by atoms with van der Waals surface area (Å²) in [5, 5.41) is 4.23. The van der Waals surface area contributed by atoms with Gasteiger partial charge in [-0.2, -0.15) is 5.10 Å². The number of nitrogens with one attached hydrogen (secondary N) is 2. The minimum absolute atomic E-state index is 0.0746. The monoisotopic (exact) mass is 339 g/mol. The molecule has 25 heavy (non-hydrogen) atoms. The highest BCUT2D eigenvalue weighted by Gasteiger charge is 2.39. The van der Waals surface area contributed by atoms with Gasteiger partial charge in [0.1, 0.15) is 0 Å². The number of carbonyl (C=O) groups excluding carboxylic acids is 1. The van der Waals surface area contributed by atoms with Crippen LogP contribution in [0.4, 0.5) is 0 Å². The van der Waals surface area contributed by atoms with Crippen molar-refractivity contribution in [1.82, 2.24) is 25.5 Å². The summed E-state index contributed by atoms with van der Waals surface area (Å²) in [6.07, 6.45) is 7.46. The largest absolute Gasteiger partial charge is 0.340 e. The maximum Gasteiger partial charge on any atom is 0.253 e. The number of hydrogen-bond donors (Lipinski definition) is 2. The molecule has 2 heterocycles. The summed E-state index contributed by atoms with van der Waals surface area (Å²) in [6.45, 7) is 1.41. The predicted octanol–water partition coefficient (Wildman–Crippen LogP) is 1.65. The van der Waals surface area contributed by atoms with E-state index in [1.165, 1.54) is 19.3 Å². The first-order valence-electron chi connectivity index (χ1n) is 9.03. The minimum Gasteiger partial charge on any atom is -0.340 e. The molecule has 132 valence electrons. The average molecular weight is 339 g/mol. The number of hydrogen-bond acceptors (Lipinski definition) is 4. The van der Waals surface area contributed by atoms with Crippen LogP contribution in [0.1, 0.15) is 35.2 Å². The van der Waals surface area contributed by atoms with Gasteiger partial charge in [0.05, 0.1) is 6.54 Å². The quantitative estimate of drug-likeness (QED) is 0.869. The van der Waals surface area contributed by atoms with Crippen molar-refractivity contribution in [2.24, 2.45) is 5.92 Å². The van der Waals surface area contributed by atoms with Crippen LogP contribution < -0.4 is 10.9 Å². The molecular formula is C19H25N5O. The Kier molecular flexibility index (Phi) is 4.55. The summed E-state index contributed by atoms with van der Waals surface area (Å²) in [5.41, 5.74) is 8.59. The van der Waals surface area contributed by atoms with Gasteiger partial charge in [-0.25, -0.2) is 0 Å². The number of amides is 1. The Balaban J connectivity index is 1.41. The average Bonchev–Trinajstić information content (AvgIpc) is 3.34. The van der Waals surface area contributed by atoms with Gasteiger partial charge in [0, 0.05) is 43.6 Å². The van der Waals surface area contributed by atoms with E-state index in [-0.39, 0.29) is 5.91 Å². The van der Waals surface area contributed by atoms with E-state index in [9.17, 15) is 4.79 Å².